The van der Waals surface area contributed by atoms with Crippen molar-refractivity contribution in [3.63, 3.8) is 0 Å². The molecule has 190 valence electrons. The molecule has 0 radical (unpaired) electrons. The quantitative estimate of drug-likeness (QED) is 0.301. The predicted octanol–water partition coefficient (Wildman–Crippen LogP) is 6.81. The Hall–Kier alpha value is -3.32. The summed E-state index contributed by atoms with van der Waals surface area (Å²) in [5, 5.41) is 13.7. The first kappa shape index (κ1) is 22.8. The topological polar surface area (TPSA) is 91.0 Å². The summed E-state index contributed by atoms with van der Waals surface area (Å²) in [6.45, 7) is 0. The van der Waals surface area contributed by atoms with Gasteiger partial charge >= 0.3 is 6.03 Å². The van der Waals surface area contributed by atoms with Crippen molar-refractivity contribution in [1.82, 2.24) is 15.3 Å². The average Bonchev–Trinajstić information content (AvgIpc) is 2.85. The fraction of sp³-hybridized carbons (Fsp3) is 0.414. The van der Waals surface area contributed by atoms with E-state index in [1.807, 2.05) is 24.3 Å². The number of fused-ring (bicyclic) bond motifs is 6. The maximum absolute atomic E-state index is 13.3. The number of aromatic nitrogens is 2. The Morgan fingerprint density at radius 3 is 2.49 bits per heavy atom. The van der Waals surface area contributed by atoms with E-state index in [9.17, 15) is 4.79 Å². The van der Waals surface area contributed by atoms with E-state index in [2.05, 4.69) is 49.4 Å². The van der Waals surface area contributed by atoms with Gasteiger partial charge < -0.3 is 21.3 Å². The van der Waals surface area contributed by atoms with Gasteiger partial charge in [-0.05, 0) is 111 Å². The predicted molar refractivity (Wildman–Crippen MR) is 147 cm³/mol. The Kier molecular flexibility index (Phi) is 5.50. The Morgan fingerprint density at radius 1 is 0.946 bits per heavy atom. The number of urea groups is 1. The summed E-state index contributed by atoms with van der Waals surface area (Å²) in [5.74, 6) is 3.36. The lowest BCUT2D eigenvalue weighted by molar-refractivity contribution is -0.0127. The normalized spacial score (nSPS) is 27.1. The third-order valence-electron chi connectivity index (χ3n) is 8.64. The van der Waals surface area contributed by atoms with E-state index >= 15 is 0 Å². The van der Waals surface area contributed by atoms with E-state index < -0.39 is 0 Å². The zero-order valence-electron chi connectivity index (χ0n) is 20.7. The molecule has 8 heteroatoms. The van der Waals surface area contributed by atoms with Crippen LogP contribution >= 0.6 is 11.6 Å². The molecule has 0 atom stereocenters. The van der Waals surface area contributed by atoms with Gasteiger partial charge in [-0.15, -0.1) is 0 Å². The molecule has 1 aliphatic heterocycles. The zero-order chi connectivity index (χ0) is 25.0. The summed E-state index contributed by atoms with van der Waals surface area (Å²) in [6, 6.07) is 14.2. The maximum atomic E-state index is 13.3. The molecule has 4 saturated carbocycles. The molecule has 4 N–H and O–H groups in total. The highest BCUT2D eigenvalue weighted by atomic mass is 35.5. The fourth-order valence-corrected chi connectivity index (χ4v) is 7.66. The van der Waals surface area contributed by atoms with E-state index in [4.69, 9.17) is 11.6 Å². The second-order valence-electron chi connectivity index (χ2n) is 11.5. The third-order valence-corrected chi connectivity index (χ3v) is 8.92. The minimum atomic E-state index is -0.0866. The molecule has 3 aromatic rings. The van der Waals surface area contributed by atoms with Crippen LogP contribution in [0, 0.1) is 17.8 Å². The number of aryl methyl sites for hydroxylation is 2. The molecule has 37 heavy (non-hydrogen) atoms. The third kappa shape index (κ3) is 4.61. The zero-order valence-corrected chi connectivity index (χ0v) is 21.4. The van der Waals surface area contributed by atoms with Gasteiger partial charge in [-0.25, -0.2) is 9.78 Å². The van der Waals surface area contributed by atoms with Gasteiger partial charge in [-0.3, -0.25) is 0 Å². The molecular weight excluding hydrogens is 484 g/mol. The molecule has 5 aliphatic rings. The van der Waals surface area contributed by atoms with Crippen molar-refractivity contribution in [2.24, 2.45) is 17.8 Å². The molecule has 0 spiro atoms. The Bertz CT molecular complexity index is 1340. The van der Waals surface area contributed by atoms with Crippen LogP contribution in [0.25, 0.3) is 0 Å². The van der Waals surface area contributed by atoms with Crippen LogP contribution in [0.3, 0.4) is 0 Å². The molecule has 4 aliphatic carbocycles. The lowest BCUT2D eigenvalue weighted by Crippen LogP contribution is -2.60. The van der Waals surface area contributed by atoms with Crippen molar-refractivity contribution in [2.45, 2.75) is 56.9 Å². The van der Waals surface area contributed by atoms with Gasteiger partial charge in [0.15, 0.2) is 5.82 Å². The largest absolute Gasteiger partial charge is 0.339 e. The molecule has 0 unspecified atom stereocenters. The SMILES string of the molecule is O=C(Nc1ccc2cc1CCc1cccc(c1)Nc1ncc(Cl)c(n1)N2)NC12CC3CC(CC(C3)C1)C2. The number of anilines is 5. The van der Waals surface area contributed by atoms with Crippen molar-refractivity contribution < 1.29 is 4.79 Å². The number of nitrogens with one attached hydrogen (secondary N) is 4. The monoisotopic (exact) mass is 514 g/mol. The minimum Gasteiger partial charge on any atom is -0.339 e. The summed E-state index contributed by atoms with van der Waals surface area (Å²) in [5.41, 5.74) is 4.86. The highest BCUT2D eigenvalue weighted by Crippen LogP contribution is 2.55. The van der Waals surface area contributed by atoms with Crippen LogP contribution in [0.15, 0.2) is 48.7 Å². The lowest BCUT2D eigenvalue weighted by Gasteiger charge is -2.56. The van der Waals surface area contributed by atoms with Gasteiger partial charge in [-0.2, -0.15) is 4.98 Å². The first-order valence-corrected chi connectivity index (χ1v) is 13.7. The molecule has 7 nitrogen and oxygen atoms in total. The molecule has 2 amide bonds. The standard InChI is InChI=1S/C29H31ClN6O/c30-24-16-31-27-33-22-3-1-2-17(11-22)4-5-21-12-23(32-26(24)35-27)6-7-25(21)34-28(37)36-29-13-18-8-19(14-29)10-20(9-18)15-29/h1-3,6-7,11-12,16,18-20H,4-5,8-10,13-15H2,(H2,34,36,37)(H2,31,32,33,35). The smallest absolute Gasteiger partial charge is 0.319 e. The summed E-state index contributed by atoms with van der Waals surface area (Å²) in [6.07, 6.45) is 10.7. The van der Waals surface area contributed by atoms with Gasteiger partial charge in [0.05, 0.1) is 6.20 Å². The first-order chi connectivity index (χ1) is 18.0. The van der Waals surface area contributed by atoms with Gasteiger partial charge in [0.2, 0.25) is 5.95 Å². The average molecular weight is 515 g/mol. The number of carbonyl (C=O) groups excluding carboxylic acids is 1. The maximum Gasteiger partial charge on any atom is 0.319 e. The van der Waals surface area contributed by atoms with Crippen molar-refractivity contribution in [3.8, 4) is 0 Å². The highest BCUT2D eigenvalue weighted by molar-refractivity contribution is 6.32. The molecule has 1 aromatic heterocycles. The van der Waals surface area contributed by atoms with Crippen LogP contribution in [0.1, 0.15) is 49.7 Å². The fourth-order valence-electron chi connectivity index (χ4n) is 7.52. The van der Waals surface area contributed by atoms with Gasteiger partial charge in [0, 0.05) is 22.6 Å². The van der Waals surface area contributed by atoms with E-state index in [1.165, 1.54) is 24.8 Å². The number of carbonyl (C=O) groups is 1. The van der Waals surface area contributed by atoms with Crippen LogP contribution in [-0.2, 0) is 12.8 Å². The summed E-state index contributed by atoms with van der Waals surface area (Å²) < 4.78 is 0. The van der Waals surface area contributed by atoms with Crippen LogP contribution in [0.2, 0.25) is 5.02 Å². The van der Waals surface area contributed by atoms with Crippen molar-refractivity contribution in [2.75, 3.05) is 16.0 Å². The molecule has 0 saturated heterocycles. The van der Waals surface area contributed by atoms with E-state index in [1.54, 1.807) is 6.20 Å². The number of benzene rings is 2. The molecule has 2 aromatic carbocycles. The second kappa shape index (κ2) is 8.91. The summed E-state index contributed by atoms with van der Waals surface area (Å²) in [7, 11) is 0. The molecule has 2 heterocycles. The van der Waals surface area contributed by atoms with E-state index in [0.29, 0.717) is 16.8 Å². The molecule has 8 rings (SSSR count). The van der Waals surface area contributed by atoms with Gasteiger partial charge in [0.1, 0.15) is 5.02 Å². The van der Waals surface area contributed by atoms with Crippen LogP contribution in [0.4, 0.5) is 33.6 Å². The highest BCUT2D eigenvalue weighted by Gasteiger charge is 2.51. The van der Waals surface area contributed by atoms with E-state index in [0.717, 1.165) is 72.5 Å². The number of hydrogen-bond donors (Lipinski definition) is 4. The molecule has 10 bridgehead atoms. The number of halogens is 1. The summed E-state index contributed by atoms with van der Waals surface area (Å²) >= 11 is 6.40. The Balaban J connectivity index is 1.16. The van der Waals surface area contributed by atoms with Crippen molar-refractivity contribution in [3.05, 3.63) is 64.8 Å². The Labute approximate surface area is 221 Å². The van der Waals surface area contributed by atoms with Crippen molar-refractivity contribution >= 4 is 46.5 Å². The minimum absolute atomic E-state index is 0.0232. The van der Waals surface area contributed by atoms with Gasteiger partial charge in [-0.1, -0.05) is 23.7 Å². The van der Waals surface area contributed by atoms with Crippen molar-refractivity contribution in [1.29, 1.82) is 0 Å². The van der Waals surface area contributed by atoms with E-state index in [-0.39, 0.29) is 11.6 Å². The number of amides is 2. The van der Waals surface area contributed by atoms with Crippen LogP contribution in [-0.4, -0.2) is 21.5 Å². The number of nitrogens with zero attached hydrogens (tertiary/aromatic N) is 2. The number of hydrogen-bond acceptors (Lipinski definition) is 5. The number of rotatable bonds is 2. The Morgan fingerprint density at radius 2 is 1.70 bits per heavy atom. The molecular formula is C29H31ClN6O. The van der Waals surface area contributed by atoms with Gasteiger partial charge in [0.25, 0.3) is 0 Å². The summed E-state index contributed by atoms with van der Waals surface area (Å²) in [4.78, 5) is 22.2. The van der Waals surface area contributed by atoms with Crippen LogP contribution in [0.5, 0.6) is 0 Å². The van der Waals surface area contributed by atoms with Crippen LogP contribution < -0.4 is 21.3 Å². The molecule has 4 fully saturated rings. The second-order valence-corrected chi connectivity index (χ2v) is 11.9. The lowest BCUT2D eigenvalue weighted by atomic mass is 9.53. The first-order valence-electron chi connectivity index (χ1n) is 13.4.